The number of benzene rings is 2. The molecular weight excluding hydrogens is 366 g/mol. The van der Waals surface area contributed by atoms with Crippen LogP contribution in [0.5, 0.6) is 5.75 Å². The number of allylic oxidation sites excluding steroid dienone is 1. The van der Waals surface area contributed by atoms with Crippen LogP contribution in [-0.4, -0.2) is 22.0 Å². The Morgan fingerprint density at radius 1 is 1.33 bits per heavy atom. The predicted octanol–water partition coefficient (Wildman–Crippen LogP) is 3.94. The van der Waals surface area contributed by atoms with Gasteiger partial charge in [-0.3, -0.25) is 14.9 Å². The number of ether oxygens (including phenoxy) is 1. The highest BCUT2D eigenvalue weighted by Crippen LogP contribution is 2.23. The van der Waals surface area contributed by atoms with Crippen molar-refractivity contribution in [2.75, 3.05) is 6.61 Å². The van der Waals surface area contributed by atoms with Crippen molar-refractivity contribution in [2.45, 2.75) is 13.5 Å². The van der Waals surface area contributed by atoms with Crippen LogP contribution < -0.4 is 9.54 Å². The van der Waals surface area contributed by atoms with Gasteiger partial charge in [0.15, 0.2) is 4.80 Å². The molecule has 0 spiro atoms. The number of hydrogen-bond acceptors (Lipinski definition) is 5. The first-order chi connectivity index (χ1) is 13.0. The third kappa shape index (κ3) is 3.95. The molecule has 0 aliphatic rings. The summed E-state index contributed by atoms with van der Waals surface area (Å²) in [6.45, 7) is 6.75. The van der Waals surface area contributed by atoms with Gasteiger partial charge in [0.1, 0.15) is 5.75 Å². The van der Waals surface area contributed by atoms with Crippen LogP contribution in [0, 0.1) is 10.1 Å². The Hall–Kier alpha value is -3.26. The second-order valence-corrected chi connectivity index (χ2v) is 6.58. The van der Waals surface area contributed by atoms with Gasteiger partial charge >= 0.3 is 0 Å². The second kappa shape index (κ2) is 7.96. The first kappa shape index (κ1) is 18.5. The molecule has 1 heterocycles. The number of thiazole rings is 1. The molecule has 1 amide bonds. The first-order valence-corrected chi connectivity index (χ1v) is 9.05. The number of nitro benzene ring substituents is 1. The number of nitrogens with zero attached hydrogens (tertiary/aromatic N) is 3. The molecule has 3 rings (SSSR count). The van der Waals surface area contributed by atoms with Gasteiger partial charge in [0.05, 0.1) is 21.7 Å². The molecule has 0 saturated carbocycles. The van der Waals surface area contributed by atoms with Crippen molar-refractivity contribution in [1.82, 2.24) is 4.57 Å². The SMILES string of the molecule is C=CCn1c(=NC(=O)c2ccc([N+](=O)[O-])cc2)sc2cc(OCC)ccc21. The molecule has 0 aliphatic heterocycles. The van der Waals surface area contributed by atoms with Gasteiger partial charge in [-0.05, 0) is 37.3 Å². The Bertz CT molecular complexity index is 1080. The molecule has 0 bridgehead atoms. The Kier molecular flexibility index (Phi) is 5.46. The van der Waals surface area contributed by atoms with Crippen molar-refractivity contribution in [2.24, 2.45) is 4.99 Å². The van der Waals surface area contributed by atoms with Gasteiger partial charge in [0, 0.05) is 24.2 Å². The minimum atomic E-state index is -0.509. The van der Waals surface area contributed by atoms with E-state index in [4.69, 9.17) is 4.74 Å². The van der Waals surface area contributed by atoms with Crippen LogP contribution in [0.2, 0.25) is 0 Å². The first-order valence-electron chi connectivity index (χ1n) is 8.24. The molecule has 0 radical (unpaired) electrons. The average Bonchev–Trinajstić information content (AvgIpc) is 2.99. The number of rotatable bonds is 6. The van der Waals surface area contributed by atoms with E-state index in [1.54, 1.807) is 6.08 Å². The molecule has 0 atom stereocenters. The third-order valence-corrected chi connectivity index (χ3v) is 4.84. The summed E-state index contributed by atoms with van der Waals surface area (Å²) in [5, 5.41) is 10.7. The molecule has 8 heteroatoms. The maximum Gasteiger partial charge on any atom is 0.279 e. The van der Waals surface area contributed by atoms with Gasteiger partial charge in [0.25, 0.3) is 11.6 Å². The fourth-order valence-corrected chi connectivity index (χ4v) is 3.64. The van der Waals surface area contributed by atoms with Crippen molar-refractivity contribution in [1.29, 1.82) is 0 Å². The standard InChI is InChI=1S/C19H17N3O4S/c1-3-11-21-16-10-9-15(26-4-2)12-17(16)27-19(21)20-18(23)13-5-7-14(8-6-13)22(24)25/h3,5-10,12H,1,4,11H2,2H3. The van der Waals surface area contributed by atoms with Gasteiger partial charge < -0.3 is 9.30 Å². The molecule has 0 saturated heterocycles. The van der Waals surface area contributed by atoms with Gasteiger partial charge in [-0.2, -0.15) is 4.99 Å². The average molecular weight is 383 g/mol. The molecule has 2 aromatic carbocycles. The van der Waals surface area contributed by atoms with Crippen molar-refractivity contribution in [3.8, 4) is 5.75 Å². The highest BCUT2D eigenvalue weighted by Gasteiger charge is 2.11. The summed E-state index contributed by atoms with van der Waals surface area (Å²) in [4.78, 5) is 27.5. The van der Waals surface area contributed by atoms with Gasteiger partial charge in [-0.15, -0.1) is 6.58 Å². The zero-order valence-electron chi connectivity index (χ0n) is 14.6. The van der Waals surface area contributed by atoms with E-state index in [1.807, 2.05) is 29.7 Å². The summed E-state index contributed by atoms with van der Waals surface area (Å²) < 4.78 is 8.37. The summed E-state index contributed by atoms with van der Waals surface area (Å²) in [7, 11) is 0. The molecule has 0 unspecified atom stereocenters. The van der Waals surface area contributed by atoms with Crippen LogP contribution in [0.25, 0.3) is 10.2 Å². The molecule has 138 valence electrons. The van der Waals surface area contributed by atoms with Crippen LogP contribution in [0.3, 0.4) is 0 Å². The largest absolute Gasteiger partial charge is 0.494 e. The smallest absolute Gasteiger partial charge is 0.279 e. The van der Waals surface area contributed by atoms with Crippen molar-refractivity contribution < 1.29 is 14.5 Å². The monoisotopic (exact) mass is 383 g/mol. The second-order valence-electron chi connectivity index (χ2n) is 5.57. The molecular formula is C19H17N3O4S. The van der Waals surface area contributed by atoms with E-state index in [1.165, 1.54) is 35.6 Å². The Balaban J connectivity index is 2.05. The number of aromatic nitrogens is 1. The molecule has 3 aromatic rings. The highest BCUT2D eigenvalue weighted by atomic mass is 32.1. The lowest BCUT2D eigenvalue weighted by Crippen LogP contribution is -2.16. The Morgan fingerprint density at radius 3 is 2.70 bits per heavy atom. The highest BCUT2D eigenvalue weighted by molar-refractivity contribution is 7.16. The van der Waals surface area contributed by atoms with Crippen LogP contribution >= 0.6 is 11.3 Å². The molecule has 7 nitrogen and oxygen atoms in total. The zero-order valence-corrected chi connectivity index (χ0v) is 15.4. The fraction of sp³-hybridized carbons (Fsp3) is 0.158. The molecule has 1 aromatic heterocycles. The predicted molar refractivity (Wildman–Crippen MR) is 104 cm³/mol. The number of non-ortho nitro benzene ring substituents is 1. The number of amides is 1. The number of carbonyl (C=O) groups excluding carboxylic acids is 1. The molecule has 0 aliphatic carbocycles. The molecule has 27 heavy (non-hydrogen) atoms. The molecule has 0 fully saturated rings. The summed E-state index contributed by atoms with van der Waals surface area (Å²) >= 11 is 1.37. The summed E-state index contributed by atoms with van der Waals surface area (Å²) in [5.41, 5.74) is 1.15. The van der Waals surface area contributed by atoms with E-state index >= 15 is 0 Å². The number of nitro groups is 1. The molecule has 0 N–H and O–H groups in total. The van der Waals surface area contributed by atoms with Gasteiger partial charge in [0.2, 0.25) is 0 Å². The summed E-state index contributed by atoms with van der Waals surface area (Å²) in [5.74, 6) is 0.296. The van der Waals surface area contributed by atoms with Crippen LogP contribution in [0.15, 0.2) is 60.1 Å². The fourth-order valence-electron chi connectivity index (χ4n) is 2.58. The van der Waals surface area contributed by atoms with Crippen LogP contribution in [0.4, 0.5) is 5.69 Å². The van der Waals surface area contributed by atoms with E-state index < -0.39 is 10.8 Å². The minimum Gasteiger partial charge on any atom is -0.494 e. The number of carbonyl (C=O) groups is 1. The van der Waals surface area contributed by atoms with Crippen molar-refractivity contribution in [3.63, 3.8) is 0 Å². The van der Waals surface area contributed by atoms with E-state index in [0.29, 0.717) is 23.5 Å². The quantitative estimate of drug-likeness (QED) is 0.366. The summed E-state index contributed by atoms with van der Waals surface area (Å²) in [6.07, 6.45) is 1.73. The maximum atomic E-state index is 12.5. The van der Waals surface area contributed by atoms with Gasteiger partial charge in [-0.25, -0.2) is 0 Å². The van der Waals surface area contributed by atoms with Crippen LogP contribution in [0.1, 0.15) is 17.3 Å². The topological polar surface area (TPSA) is 86.7 Å². The van der Waals surface area contributed by atoms with Crippen molar-refractivity contribution >= 4 is 33.1 Å². The number of hydrogen-bond donors (Lipinski definition) is 0. The van der Waals surface area contributed by atoms with E-state index in [2.05, 4.69) is 11.6 Å². The van der Waals surface area contributed by atoms with Gasteiger partial charge in [-0.1, -0.05) is 17.4 Å². The maximum absolute atomic E-state index is 12.5. The Morgan fingerprint density at radius 2 is 2.07 bits per heavy atom. The lowest BCUT2D eigenvalue weighted by atomic mass is 10.2. The third-order valence-electron chi connectivity index (χ3n) is 3.80. The van der Waals surface area contributed by atoms with E-state index in [0.717, 1.165) is 16.0 Å². The zero-order chi connectivity index (χ0) is 19.4. The summed E-state index contributed by atoms with van der Waals surface area (Å²) in [6, 6.07) is 11.1. The van der Waals surface area contributed by atoms with E-state index in [9.17, 15) is 14.9 Å². The minimum absolute atomic E-state index is 0.0708. The van der Waals surface area contributed by atoms with E-state index in [-0.39, 0.29) is 5.69 Å². The Labute approximate surface area is 159 Å². The lowest BCUT2D eigenvalue weighted by molar-refractivity contribution is -0.384. The lowest BCUT2D eigenvalue weighted by Gasteiger charge is -2.04. The normalized spacial score (nSPS) is 11.5. The number of fused-ring (bicyclic) bond motifs is 1. The van der Waals surface area contributed by atoms with Crippen LogP contribution in [-0.2, 0) is 6.54 Å². The van der Waals surface area contributed by atoms with Crippen molar-refractivity contribution in [3.05, 3.63) is 75.6 Å².